The molecule has 1 aromatic rings. The van der Waals surface area contributed by atoms with Gasteiger partial charge in [0.15, 0.2) is 0 Å². The second kappa shape index (κ2) is 8.33. The standard InChI is InChI=1S/C14H24N2O4S/c1-4-16(2)9-8-15-21(18,19)14-6-5-13(20-3)11-12(14)7-10-17/h5-6,11,15,17H,4,7-10H2,1-3H3. The number of nitrogens with zero attached hydrogens (tertiary/aromatic N) is 1. The average molecular weight is 316 g/mol. The molecule has 0 saturated heterocycles. The van der Waals surface area contributed by atoms with Gasteiger partial charge in [-0.15, -0.1) is 0 Å². The lowest BCUT2D eigenvalue weighted by Crippen LogP contribution is -2.33. The summed E-state index contributed by atoms with van der Waals surface area (Å²) >= 11 is 0. The molecular weight excluding hydrogens is 292 g/mol. The number of ether oxygens (including phenoxy) is 1. The van der Waals surface area contributed by atoms with E-state index < -0.39 is 10.0 Å². The zero-order chi connectivity index (χ0) is 15.9. The summed E-state index contributed by atoms with van der Waals surface area (Å²) in [5, 5.41) is 9.09. The minimum absolute atomic E-state index is 0.117. The smallest absolute Gasteiger partial charge is 0.240 e. The third-order valence-corrected chi connectivity index (χ3v) is 4.83. The number of likely N-dealkylation sites (N-methyl/N-ethyl adjacent to an activating group) is 1. The van der Waals surface area contributed by atoms with Crippen molar-refractivity contribution < 1.29 is 18.3 Å². The quantitative estimate of drug-likeness (QED) is 0.692. The van der Waals surface area contributed by atoms with Gasteiger partial charge in [0.25, 0.3) is 0 Å². The minimum atomic E-state index is -3.59. The van der Waals surface area contributed by atoms with E-state index in [1.807, 2.05) is 18.9 Å². The Morgan fingerprint density at radius 2 is 2.10 bits per heavy atom. The van der Waals surface area contributed by atoms with Crippen LogP contribution in [0.15, 0.2) is 23.1 Å². The van der Waals surface area contributed by atoms with E-state index in [0.717, 1.165) is 6.54 Å². The molecule has 7 heteroatoms. The van der Waals surface area contributed by atoms with Crippen LogP contribution in [-0.2, 0) is 16.4 Å². The molecular formula is C14H24N2O4S. The number of nitrogens with one attached hydrogen (secondary N) is 1. The molecule has 0 atom stereocenters. The van der Waals surface area contributed by atoms with E-state index in [2.05, 4.69) is 4.72 Å². The highest BCUT2D eigenvalue weighted by Gasteiger charge is 2.18. The van der Waals surface area contributed by atoms with E-state index in [0.29, 0.717) is 24.4 Å². The van der Waals surface area contributed by atoms with E-state index in [1.165, 1.54) is 13.2 Å². The Balaban J connectivity index is 2.91. The van der Waals surface area contributed by atoms with Crippen LogP contribution < -0.4 is 9.46 Å². The molecule has 0 amide bonds. The van der Waals surface area contributed by atoms with Crippen LogP contribution in [0.2, 0.25) is 0 Å². The van der Waals surface area contributed by atoms with Crippen molar-refractivity contribution in [2.45, 2.75) is 18.2 Å². The van der Waals surface area contributed by atoms with Crippen LogP contribution in [0.1, 0.15) is 12.5 Å². The molecule has 0 spiro atoms. The topological polar surface area (TPSA) is 78.9 Å². The summed E-state index contributed by atoms with van der Waals surface area (Å²) in [4.78, 5) is 2.21. The van der Waals surface area contributed by atoms with Gasteiger partial charge < -0.3 is 14.7 Å². The second-order valence-corrected chi connectivity index (χ2v) is 6.48. The van der Waals surface area contributed by atoms with Crippen LogP contribution in [0.3, 0.4) is 0 Å². The van der Waals surface area contributed by atoms with Gasteiger partial charge in [0, 0.05) is 19.7 Å². The third kappa shape index (κ3) is 5.28. The number of hydrogen-bond donors (Lipinski definition) is 2. The number of benzene rings is 1. The van der Waals surface area contributed by atoms with Crippen molar-refractivity contribution >= 4 is 10.0 Å². The highest BCUT2D eigenvalue weighted by Crippen LogP contribution is 2.22. The van der Waals surface area contributed by atoms with Gasteiger partial charge in [-0.3, -0.25) is 0 Å². The molecule has 0 radical (unpaired) electrons. The number of aliphatic hydroxyl groups excluding tert-OH is 1. The summed E-state index contributed by atoms with van der Waals surface area (Å²) in [6.07, 6.45) is 0.266. The highest BCUT2D eigenvalue weighted by molar-refractivity contribution is 7.89. The lowest BCUT2D eigenvalue weighted by Gasteiger charge is -2.16. The summed E-state index contributed by atoms with van der Waals surface area (Å²) < 4.78 is 32.4. The number of rotatable bonds is 9. The van der Waals surface area contributed by atoms with Crippen LogP contribution in [0.5, 0.6) is 5.75 Å². The molecule has 0 aliphatic heterocycles. The zero-order valence-electron chi connectivity index (χ0n) is 12.8. The average Bonchev–Trinajstić information content (AvgIpc) is 2.46. The largest absolute Gasteiger partial charge is 0.497 e. The Hall–Kier alpha value is -1.15. The molecule has 21 heavy (non-hydrogen) atoms. The maximum atomic E-state index is 12.3. The van der Waals surface area contributed by atoms with E-state index in [1.54, 1.807) is 12.1 Å². The maximum Gasteiger partial charge on any atom is 0.240 e. The fraction of sp³-hybridized carbons (Fsp3) is 0.571. The van der Waals surface area contributed by atoms with Crippen LogP contribution in [-0.4, -0.2) is 58.8 Å². The maximum absolute atomic E-state index is 12.3. The first-order valence-electron chi connectivity index (χ1n) is 6.90. The Morgan fingerprint density at radius 1 is 1.38 bits per heavy atom. The van der Waals surface area contributed by atoms with Crippen molar-refractivity contribution in [3.63, 3.8) is 0 Å². The molecule has 2 N–H and O–H groups in total. The molecule has 0 fully saturated rings. The Morgan fingerprint density at radius 3 is 2.67 bits per heavy atom. The van der Waals surface area contributed by atoms with Crippen LogP contribution >= 0.6 is 0 Å². The van der Waals surface area contributed by atoms with Gasteiger partial charge in [0.2, 0.25) is 10.0 Å². The fourth-order valence-corrected chi connectivity index (χ4v) is 3.14. The van der Waals surface area contributed by atoms with Crippen molar-refractivity contribution in [3.05, 3.63) is 23.8 Å². The first kappa shape index (κ1) is 17.9. The van der Waals surface area contributed by atoms with E-state index in [4.69, 9.17) is 9.84 Å². The van der Waals surface area contributed by atoms with Gasteiger partial charge >= 0.3 is 0 Å². The third-order valence-electron chi connectivity index (χ3n) is 3.26. The molecule has 1 rings (SSSR count). The van der Waals surface area contributed by atoms with Crippen molar-refractivity contribution in [2.75, 3.05) is 40.4 Å². The predicted molar refractivity (Wildman–Crippen MR) is 82.1 cm³/mol. The molecule has 1 aromatic carbocycles. The van der Waals surface area contributed by atoms with E-state index in [-0.39, 0.29) is 17.9 Å². The monoisotopic (exact) mass is 316 g/mol. The lowest BCUT2D eigenvalue weighted by atomic mass is 10.1. The van der Waals surface area contributed by atoms with Gasteiger partial charge in [-0.05, 0) is 43.8 Å². The molecule has 6 nitrogen and oxygen atoms in total. The van der Waals surface area contributed by atoms with Crippen molar-refractivity contribution in [3.8, 4) is 5.75 Å². The molecule has 0 saturated carbocycles. The normalized spacial score (nSPS) is 11.9. The van der Waals surface area contributed by atoms with Crippen molar-refractivity contribution in [1.29, 1.82) is 0 Å². The molecule has 0 aliphatic rings. The number of sulfonamides is 1. The summed E-state index contributed by atoms with van der Waals surface area (Å²) in [5.41, 5.74) is 0.549. The molecule has 0 aliphatic carbocycles. The van der Waals surface area contributed by atoms with Crippen molar-refractivity contribution in [1.82, 2.24) is 9.62 Å². The molecule has 0 heterocycles. The van der Waals surface area contributed by atoms with E-state index >= 15 is 0 Å². The predicted octanol–water partition coefficient (Wildman–Crippen LogP) is 0.460. The SMILES string of the molecule is CCN(C)CCNS(=O)(=O)c1ccc(OC)cc1CCO. The molecule has 0 bridgehead atoms. The van der Waals surface area contributed by atoms with Gasteiger partial charge in [0.1, 0.15) is 5.75 Å². The summed E-state index contributed by atoms with van der Waals surface area (Å²) in [6.45, 7) is 3.74. The minimum Gasteiger partial charge on any atom is -0.497 e. The van der Waals surface area contributed by atoms with Gasteiger partial charge in [-0.2, -0.15) is 0 Å². The second-order valence-electron chi connectivity index (χ2n) is 4.74. The Kier molecular flexibility index (Phi) is 7.10. The van der Waals surface area contributed by atoms with Crippen LogP contribution in [0.25, 0.3) is 0 Å². The number of aliphatic hydroxyl groups is 1. The fourth-order valence-electron chi connectivity index (χ4n) is 1.87. The van der Waals surface area contributed by atoms with Crippen LogP contribution in [0.4, 0.5) is 0 Å². The van der Waals surface area contributed by atoms with Gasteiger partial charge in [-0.25, -0.2) is 13.1 Å². The van der Waals surface area contributed by atoms with Crippen molar-refractivity contribution in [2.24, 2.45) is 0 Å². The summed E-state index contributed by atoms with van der Waals surface area (Å²) in [7, 11) is -0.137. The lowest BCUT2D eigenvalue weighted by molar-refractivity contribution is 0.298. The van der Waals surface area contributed by atoms with E-state index in [9.17, 15) is 8.42 Å². The Labute approximate surface area is 126 Å². The summed E-state index contributed by atoms with van der Waals surface area (Å²) in [5.74, 6) is 0.572. The molecule has 0 aromatic heterocycles. The van der Waals surface area contributed by atoms with Gasteiger partial charge in [-0.1, -0.05) is 6.92 Å². The first-order valence-corrected chi connectivity index (χ1v) is 8.39. The van der Waals surface area contributed by atoms with Gasteiger partial charge in [0.05, 0.1) is 12.0 Å². The molecule has 0 unspecified atom stereocenters. The highest BCUT2D eigenvalue weighted by atomic mass is 32.2. The Bertz CT molecular complexity index is 546. The zero-order valence-corrected chi connectivity index (χ0v) is 13.6. The first-order chi connectivity index (χ1) is 9.94. The number of hydrogen-bond acceptors (Lipinski definition) is 5. The summed E-state index contributed by atoms with van der Waals surface area (Å²) in [6, 6.07) is 4.76. The van der Waals surface area contributed by atoms with Crippen LogP contribution in [0, 0.1) is 0 Å². The number of methoxy groups -OCH3 is 1. The molecule has 120 valence electrons.